The third-order valence-electron chi connectivity index (χ3n) is 17.3. The van der Waals surface area contributed by atoms with E-state index in [0.717, 1.165) is 128 Å². The second-order valence-electron chi connectivity index (χ2n) is 22.0. The molecular weight excluding hydrogens is 1070 g/mol. The molecule has 4 aliphatic heterocycles. The molecule has 4 aliphatic carbocycles. The molecule has 0 spiro atoms. The molecule has 0 N–H and O–H groups in total. The van der Waals surface area contributed by atoms with Crippen molar-refractivity contribution in [2.24, 2.45) is 30.0 Å². The summed E-state index contributed by atoms with van der Waals surface area (Å²) < 4.78 is 19.2. The van der Waals surface area contributed by atoms with Crippen molar-refractivity contribution in [3.8, 4) is 0 Å². The van der Waals surface area contributed by atoms with E-state index < -0.39 is 21.1 Å². The number of amides is 2. The van der Waals surface area contributed by atoms with Gasteiger partial charge in [0.2, 0.25) is 0 Å². The molecule has 4 fully saturated rings. The van der Waals surface area contributed by atoms with Gasteiger partial charge in [0, 0.05) is 88.1 Å². The van der Waals surface area contributed by atoms with Crippen LogP contribution < -0.4 is 11.0 Å². The first kappa shape index (κ1) is 49.5. The van der Waals surface area contributed by atoms with Gasteiger partial charge in [0.25, 0.3) is 0 Å². The number of fused-ring (bicyclic) bond motifs is 14. The number of carbonyl (C=O) groups excluding carboxylic acids is 2. The van der Waals surface area contributed by atoms with Gasteiger partial charge >= 0.3 is 21.1 Å². The van der Waals surface area contributed by atoms with Crippen molar-refractivity contribution in [3.63, 3.8) is 0 Å². The highest BCUT2D eigenvalue weighted by Crippen LogP contribution is 2.46. The molecule has 14 nitrogen and oxygen atoms in total. The minimum atomic E-state index is -5.37. The van der Waals surface area contributed by atoms with Gasteiger partial charge in [-0.05, 0) is 124 Å². The van der Waals surface area contributed by atoms with Crippen molar-refractivity contribution in [3.05, 3.63) is 126 Å². The van der Waals surface area contributed by atoms with E-state index in [1.807, 2.05) is 58.3 Å². The fourth-order valence-electron chi connectivity index (χ4n) is 13.7. The van der Waals surface area contributed by atoms with Crippen LogP contribution in [0, 0.1) is 0 Å². The number of nitrogens with zero attached hydrogens (tertiary/aromatic N) is 10. The van der Waals surface area contributed by atoms with Gasteiger partial charge in [0.05, 0.1) is 0 Å². The summed E-state index contributed by atoms with van der Waals surface area (Å²) in [4.78, 5) is 70.2. The highest BCUT2D eigenvalue weighted by atomic mass is 35.5. The fourth-order valence-corrected chi connectivity index (χ4v) is 17.4. The Kier molecular flexibility index (Phi) is 12.7. The summed E-state index contributed by atoms with van der Waals surface area (Å²) >= 11 is 27.9. The molecule has 77 heavy (non-hydrogen) atoms. The van der Waals surface area contributed by atoms with Crippen LogP contribution in [-0.4, -0.2) is 86.8 Å². The third kappa shape index (κ3) is 8.47. The quantitative estimate of drug-likeness (QED) is 0.153. The summed E-state index contributed by atoms with van der Waals surface area (Å²) in [7, 11) is -5.37. The number of aliphatic imine (C=N–C) groups is 4. The zero-order chi connectivity index (χ0) is 52.1. The molecule has 4 saturated carbocycles. The van der Waals surface area contributed by atoms with Crippen molar-refractivity contribution in [2.45, 2.75) is 153 Å². The molecule has 2 aromatic heterocycles. The molecule has 4 aromatic carbocycles. The first-order chi connectivity index (χ1) is 37.6. The molecule has 0 radical (unpaired) electrons. The van der Waals surface area contributed by atoms with Crippen molar-refractivity contribution < 1.29 is 18.4 Å². The number of hydrogen-bond donors (Lipinski definition) is 0. The Morgan fingerprint density at radius 2 is 0.766 bits per heavy atom. The standard InChI is InChI=1S/C58H56Cl4N10O4Si/c59-33-21-25-41-45(29-33)51-63-49(41)65-55-47-31-35(61)23-27-43(47)54-68-52-46-30-34(60)22-26-42(46)50(64-52)66-56-48-32-36(62)24-28-44(48)53(67-51)72(56)77(71(54)55,75-57(73)69(37-13-5-1-6-14-37)38-15-7-2-8-16-38)76-58(74)70(39-17-9-3-10-18-39)40-19-11-4-12-20-40/h21-32,37-40H,1-20H2/b65-49-,65-55?,66-50?,66-56-,67-51?,67-53-,68-52-,68-54?. The Labute approximate surface area is 466 Å². The summed E-state index contributed by atoms with van der Waals surface area (Å²) in [6.45, 7) is 0. The van der Waals surface area contributed by atoms with Gasteiger partial charge in [-0.25, -0.2) is 39.5 Å². The van der Waals surface area contributed by atoms with E-state index in [4.69, 9.17) is 85.2 Å². The van der Waals surface area contributed by atoms with Crippen LogP contribution in [0.2, 0.25) is 20.1 Å². The number of rotatable bonds is 6. The third-order valence-corrected chi connectivity index (χ3v) is 21.1. The molecule has 19 heteroatoms. The summed E-state index contributed by atoms with van der Waals surface area (Å²) in [6.07, 6.45) is 17.7. The molecule has 8 aliphatic rings. The van der Waals surface area contributed by atoms with E-state index in [9.17, 15) is 0 Å². The molecule has 0 unspecified atom stereocenters. The first-order valence-electron chi connectivity index (χ1n) is 27.7. The lowest BCUT2D eigenvalue weighted by Gasteiger charge is -2.44. The lowest BCUT2D eigenvalue weighted by Crippen LogP contribution is -2.68. The molecule has 394 valence electrons. The van der Waals surface area contributed by atoms with Crippen LogP contribution in [0.4, 0.5) is 21.2 Å². The van der Waals surface area contributed by atoms with E-state index >= 15 is 9.59 Å². The predicted octanol–water partition coefficient (Wildman–Crippen LogP) is 14.2. The lowest BCUT2D eigenvalue weighted by molar-refractivity contribution is 0.0485. The summed E-state index contributed by atoms with van der Waals surface area (Å²) in [5.74, 6) is 1.75. The summed E-state index contributed by atoms with van der Waals surface area (Å²) in [5, 5.41) is 4.05. The van der Waals surface area contributed by atoms with Gasteiger partial charge in [-0.2, -0.15) is 0 Å². The summed E-state index contributed by atoms with van der Waals surface area (Å²) in [5.41, 5.74) is 3.12. The van der Waals surface area contributed by atoms with Crippen molar-refractivity contribution >= 4 is 124 Å². The highest BCUT2D eigenvalue weighted by molar-refractivity contribution is 6.69. The zero-order valence-electron chi connectivity index (χ0n) is 42.5. The molecule has 14 rings (SSSR count). The van der Waals surface area contributed by atoms with Crippen LogP contribution in [0.1, 0.15) is 151 Å². The number of halogens is 4. The van der Waals surface area contributed by atoms with E-state index in [1.165, 1.54) is 0 Å². The van der Waals surface area contributed by atoms with Gasteiger partial charge < -0.3 is 18.7 Å². The average molecular weight is 1130 g/mol. The fraction of sp³-hybridized carbons (Fsp3) is 0.414. The Bertz CT molecular complexity index is 3640. The topological polar surface area (TPSA) is 143 Å². The minimum Gasteiger partial charge on any atom is -0.435 e. The Hall–Kier alpha value is -5.84. The van der Waals surface area contributed by atoms with Gasteiger partial charge in [-0.1, -0.05) is 123 Å². The summed E-state index contributed by atoms with van der Waals surface area (Å²) in [6, 6.07) is 21.6. The Balaban J connectivity index is 1.17. The Morgan fingerprint density at radius 1 is 0.403 bits per heavy atom. The van der Waals surface area contributed by atoms with Crippen molar-refractivity contribution in [2.75, 3.05) is 0 Å². The van der Waals surface area contributed by atoms with Crippen LogP contribution in [-0.2, 0) is 8.85 Å². The molecule has 2 amide bonds. The smallest absolute Gasteiger partial charge is 0.435 e. The van der Waals surface area contributed by atoms with Crippen LogP contribution in [0.25, 0.3) is 21.5 Å². The Morgan fingerprint density at radius 3 is 1.25 bits per heavy atom. The van der Waals surface area contributed by atoms with E-state index in [2.05, 4.69) is 0 Å². The predicted molar refractivity (Wildman–Crippen MR) is 305 cm³/mol. The second-order valence-corrected chi connectivity index (χ2v) is 26.1. The SMILES string of the molecule is O=C(O[Si]1(OC(=O)N(C2CCCCC2)C2CCCCC2)n2c3c4cc(Cl)ccc4c2/N=C2N=C(/N=c4/c5cc(Cl)ccc5/c(n41)=N/C1=NC(=N\3)/c3ccc(Cl)cc31)c1ccc(Cl)cc1\2)N(C1CCCCC1)C1CCCCC1. The van der Waals surface area contributed by atoms with Crippen LogP contribution in [0.3, 0.4) is 0 Å². The van der Waals surface area contributed by atoms with Gasteiger partial charge in [0.15, 0.2) is 23.3 Å². The van der Waals surface area contributed by atoms with E-state index in [1.54, 1.807) is 32.7 Å². The molecule has 0 atom stereocenters. The first-order valence-corrected chi connectivity index (χ1v) is 30.9. The molecule has 6 heterocycles. The van der Waals surface area contributed by atoms with Gasteiger partial charge in [0.1, 0.15) is 22.6 Å². The number of aromatic nitrogens is 2. The number of carbonyl (C=O) groups is 2. The molecular formula is C58H56Cl4N10O4Si. The number of amidine groups is 4. The monoisotopic (exact) mass is 1120 g/mol. The zero-order valence-corrected chi connectivity index (χ0v) is 46.5. The van der Waals surface area contributed by atoms with E-state index in [-0.39, 0.29) is 46.8 Å². The van der Waals surface area contributed by atoms with Crippen LogP contribution in [0.5, 0.6) is 0 Å². The minimum absolute atomic E-state index is 0.104. The molecule has 0 saturated heterocycles. The lowest BCUT2D eigenvalue weighted by atomic mass is 9.89. The number of hydrogen-bond acceptors (Lipinski definition) is 10. The number of benzene rings is 4. The second kappa shape index (κ2) is 19.8. The van der Waals surface area contributed by atoms with Gasteiger partial charge in [-0.15, -0.1) is 0 Å². The van der Waals surface area contributed by atoms with Crippen molar-refractivity contribution in [1.82, 2.24) is 18.3 Å². The maximum Gasteiger partial charge on any atom is 0.744 e. The highest BCUT2D eigenvalue weighted by Gasteiger charge is 2.62. The molecule has 6 aromatic rings. The average Bonchev–Trinajstić information content (AvgIpc) is 4.36. The largest absolute Gasteiger partial charge is 0.744 e. The van der Waals surface area contributed by atoms with Crippen LogP contribution in [0.15, 0.2) is 103 Å². The van der Waals surface area contributed by atoms with E-state index in [0.29, 0.717) is 87.2 Å². The van der Waals surface area contributed by atoms with Crippen molar-refractivity contribution in [1.29, 1.82) is 0 Å². The maximum atomic E-state index is 16.7. The molecule has 6 bridgehead atoms. The van der Waals surface area contributed by atoms with Gasteiger partial charge in [-0.3, -0.25) is 8.47 Å². The van der Waals surface area contributed by atoms with Crippen LogP contribution >= 0.6 is 46.4 Å². The normalized spacial score (nSPS) is 22.4. The maximum absolute atomic E-state index is 16.7.